The zero-order chi connectivity index (χ0) is 14.3. The molecule has 0 bridgehead atoms. The van der Waals surface area contributed by atoms with Gasteiger partial charge >= 0.3 is 0 Å². The maximum absolute atomic E-state index is 12.0. The zero-order valence-electron chi connectivity index (χ0n) is 11.6. The molecule has 0 saturated carbocycles. The summed E-state index contributed by atoms with van der Waals surface area (Å²) in [6.07, 6.45) is 0.891. The lowest BCUT2D eigenvalue weighted by molar-refractivity contribution is 0.0939. The van der Waals surface area contributed by atoms with Gasteiger partial charge in [0.25, 0.3) is 5.91 Å². The molecule has 102 valence electrons. The first-order chi connectivity index (χ1) is 9.12. The van der Waals surface area contributed by atoms with E-state index in [4.69, 9.17) is 10.5 Å². The molecule has 4 nitrogen and oxygen atoms in total. The lowest BCUT2D eigenvalue weighted by Gasteiger charge is -2.12. The summed E-state index contributed by atoms with van der Waals surface area (Å²) >= 11 is 0. The van der Waals surface area contributed by atoms with Gasteiger partial charge in [0, 0.05) is 11.6 Å². The van der Waals surface area contributed by atoms with Crippen LogP contribution in [0.15, 0.2) is 18.2 Å². The second-order valence-electron chi connectivity index (χ2n) is 4.20. The fourth-order valence-corrected chi connectivity index (χ4v) is 1.50. The predicted octanol–water partition coefficient (Wildman–Crippen LogP) is 1.53. The van der Waals surface area contributed by atoms with E-state index in [1.165, 1.54) is 0 Å². The summed E-state index contributed by atoms with van der Waals surface area (Å²) in [7, 11) is 1.57. The molecular formula is C15H20N2O2. The quantitative estimate of drug-likeness (QED) is 0.807. The maximum Gasteiger partial charge on any atom is 0.251 e. The Morgan fingerprint density at radius 2 is 2.26 bits per heavy atom. The van der Waals surface area contributed by atoms with Crippen LogP contribution in [-0.4, -0.2) is 25.6 Å². The number of carbonyl (C=O) groups is 1. The van der Waals surface area contributed by atoms with Crippen molar-refractivity contribution in [3.05, 3.63) is 29.3 Å². The molecule has 0 aliphatic rings. The van der Waals surface area contributed by atoms with E-state index in [0.717, 1.165) is 6.42 Å². The third-order valence-corrected chi connectivity index (χ3v) is 2.78. The molecule has 3 N–H and O–H groups in total. The van der Waals surface area contributed by atoms with E-state index >= 15 is 0 Å². The Hall–Kier alpha value is -1.99. The zero-order valence-corrected chi connectivity index (χ0v) is 11.6. The Bertz CT molecular complexity index is 501. The Morgan fingerprint density at radius 3 is 2.84 bits per heavy atom. The lowest BCUT2D eigenvalue weighted by atomic mass is 10.1. The van der Waals surface area contributed by atoms with Gasteiger partial charge in [-0.15, -0.1) is 0 Å². The Labute approximate surface area is 114 Å². The summed E-state index contributed by atoms with van der Waals surface area (Å²) in [4.78, 5) is 12.0. The summed E-state index contributed by atoms with van der Waals surface area (Å²) in [6.45, 7) is 4.26. The number of nitrogens with one attached hydrogen (secondary N) is 1. The molecule has 1 aromatic rings. The monoisotopic (exact) mass is 260 g/mol. The summed E-state index contributed by atoms with van der Waals surface area (Å²) in [5.74, 6) is 6.21. The third-order valence-electron chi connectivity index (χ3n) is 2.78. The SMILES string of the molecule is CCC(C)NC(=O)c1ccc(OC)c(C#CCN)c1. The Morgan fingerprint density at radius 1 is 1.53 bits per heavy atom. The van der Waals surface area contributed by atoms with Crippen molar-refractivity contribution in [2.24, 2.45) is 5.73 Å². The van der Waals surface area contributed by atoms with Crippen LogP contribution < -0.4 is 15.8 Å². The molecule has 0 aliphatic heterocycles. The number of hydrogen-bond acceptors (Lipinski definition) is 3. The summed E-state index contributed by atoms with van der Waals surface area (Å²) in [6, 6.07) is 5.34. The van der Waals surface area contributed by atoms with Crippen LogP contribution in [0.4, 0.5) is 0 Å². The molecule has 0 radical (unpaired) electrons. The van der Waals surface area contributed by atoms with Crippen molar-refractivity contribution in [1.29, 1.82) is 0 Å². The van der Waals surface area contributed by atoms with Gasteiger partial charge in [0.2, 0.25) is 0 Å². The fraction of sp³-hybridized carbons (Fsp3) is 0.400. The van der Waals surface area contributed by atoms with Crippen LogP contribution in [0.2, 0.25) is 0 Å². The smallest absolute Gasteiger partial charge is 0.251 e. The van der Waals surface area contributed by atoms with Gasteiger partial charge in [-0.1, -0.05) is 18.8 Å². The van der Waals surface area contributed by atoms with E-state index in [1.807, 2.05) is 13.8 Å². The summed E-state index contributed by atoms with van der Waals surface area (Å²) < 4.78 is 5.20. The van der Waals surface area contributed by atoms with E-state index < -0.39 is 0 Å². The normalized spacial score (nSPS) is 11.2. The number of methoxy groups -OCH3 is 1. The lowest BCUT2D eigenvalue weighted by Crippen LogP contribution is -2.31. The predicted molar refractivity (Wildman–Crippen MR) is 76.1 cm³/mol. The van der Waals surface area contributed by atoms with Gasteiger partial charge in [-0.25, -0.2) is 0 Å². The van der Waals surface area contributed by atoms with Crippen LogP contribution in [-0.2, 0) is 0 Å². The van der Waals surface area contributed by atoms with Gasteiger partial charge in [0.1, 0.15) is 5.75 Å². The average Bonchev–Trinajstić information content (AvgIpc) is 2.44. The van der Waals surface area contributed by atoms with Gasteiger partial charge in [0.05, 0.1) is 19.2 Å². The van der Waals surface area contributed by atoms with Crippen molar-refractivity contribution in [3.8, 4) is 17.6 Å². The highest BCUT2D eigenvalue weighted by atomic mass is 16.5. The number of amides is 1. The minimum absolute atomic E-state index is 0.104. The van der Waals surface area contributed by atoms with Gasteiger partial charge in [-0.05, 0) is 31.5 Å². The molecule has 0 aliphatic carbocycles. The van der Waals surface area contributed by atoms with Crippen LogP contribution in [0.1, 0.15) is 36.2 Å². The standard InChI is InChI=1S/C15H20N2O2/c1-4-11(2)17-15(18)13-7-8-14(19-3)12(10-13)6-5-9-16/h7-8,10-11H,4,9,16H2,1-3H3,(H,17,18). The molecule has 1 rings (SSSR count). The Balaban J connectivity index is 3.00. The minimum Gasteiger partial charge on any atom is -0.495 e. The molecular weight excluding hydrogens is 240 g/mol. The first-order valence-electron chi connectivity index (χ1n) is 6.30. The highest BCUT2D eigenvalue weighted by Gasteiger charge is 2.10. The molecule has 0 heterocycles. The van der Waals surface area contributed by atoms with Crippen molar-refractivity contribution in [1.82, 2.24) is 5.32 Å². The highest BCUT2D eigenvalue weighted by Crippen LogP contribution is 2.19. The second kappa shape index (κ2) is 7.45. The highest BCUT2D eigenvalue weighted by molar-refractivity contribution is 5.95. The molecule has 1 aromatic carbocycles. The molecule has 1 amide bonds. The molecule has 0 fully saturated rings. The Kier molecular flexibility index (Phi) is 5.91. The number of rotatable bonds is 4. The molecule has 1 atom stereocenters. The van der Waals surface area contributed by atoms with Crippen molar-refractivity contribution < 1.29 is 9.53 Å². The first kappa shape index (κ1) is 15.1. The van der Waals surface area contributed by atoms with Crippen LogP contribution in [0.5, 0.6) is 5.75 Å². The van der Waals surface area contributed by atoms with E-state index in [9.17, 15) is 4.79 Å². The number of hydrogen-bond donors (Lipinski definition) is 2. The first-order valence-corrected chi connectivity index (χ1v) is 6.30. The van der Waals surface area contributed by atoms with Crippen molar-refractivity contribution in [2.75, 3.05) is 13.7 Å². The molecule has 0 aromatic heterocycles. The summed E-state index contributed by atoms with van der Waals surface area (Å²) in [5, 5.41) is 2.91. The van der Waals surface area contributed by atoms with Crippen LogP contribution in [0.3, 0.4) is 0 Å². The average molecular weight is 260 g/mol. The van der Waals surface area contributed by atoms with E-state index in [1.54, 1.807) is 25.3 Å². The van der Waals surface area contributed by atoms with Crippen molar-refractivity contribution in [3.63, 3.8) is 0 Å². The minimum atomic E-state index is -0.104. The van der Waals surface area contributed by atoms with Gasteiger partial charge in [-0.3, -0.25) is 4.79 Å². The number of nitrogens with two attached hydrogens (primary N) is 1. The largest absolute Gasteiger partial charge is 0.495 e. The maximum atomic E-state index is 12.0. The van der Waals surface area contributed by atoms with Gasteiger partial charge < -0.3 is 15.8 Å². The summed E-state index contributed by atoms with van der Waals surface area (Å²) in [5.41, 5.74) is 6.60. The number of ether oxygens (including phenoxy) is 1. The van der Waals surface area contributed by atoms with Crippen LogP contribution in [0, 0.1) is 11.8 Å². The van der Waals surface area contributed by atoms with Crippen LogP contribution in [0.25, 0.3) is 0 Å². The topological polar surface area (TPSA) is 64.3 Å². The van der Waals surface area contributed by atoms with Gasteiger partial charge in [0.15, 0.2) is 0 Å². The van der Waals surface area contributed by atoms with E-state index in [2.05, 4.69) is 17.2 Å². The molecule has 0 saturated heterocycles. The molecule has 19 heavy (non-hydrogen) atoms. The van der Waals surface area contributed by atoms with Gasteiger partial charge in [-0.2, -0.15) is 0 Å². The third kappa shape index (κ3) is 4.31. The van der Waals surface area contributed by atoms with Crippen molar-refractivity contribution >= 4 is 5.91 Å². The number of carbonyl (C=O) groups excluding carboxylic acids is 1. The molecule has 4 heteroatoms. The fourth-order valence-electron chi connectivity index (χ4n) is 1.50. The van der Waals surface area contributed by atoms with Crippen molar-refractivity contribution in [2.45, 2.75) is 26.3 Å². The molecule has 1 unspecified atom stereocenters. The van der Waals surface area contributed by atoms with E-state index in [0.29, 0.717) is 16.9 Å². The number of benzene rings is 1. The van der Waals surface area contributed by atoms with E-state index in [-0.39, 0.29) is 18.5 Å². The molecule has 0 spiro atoms. The van der Waals surface area contributed by atoms with Crippen LogP contribution >= 0.6 is 0 Å². The second-order valence-corrected chi connectivity index (χ2v) is 4.20.